The summed E-state index contributed by atoms with van der Waals surface area (Å²) in [4.78, 5) is 15.1. The molecule has 0 fully saturated rings. The normalized spacial score (nSPS) is 15.8. The average Bonchev–Trinajstić information content (AvgIpc) is 2.96. The Kier molecular flexibility index (Phi) is 5.25. The number of thioether (sulfide) groups is 1. The van der Waals surface area contributed by atoms with Crippen LogP contribution >= 0.6 is 23.1 Å². The van der Waals surface area contributed by atoms with Crippen LogP contribution in [0.15, 0.2) is 40.6 Å². The van der Waals surface area contributed by atoms with Gasteiger partial charge in [-0.2, -0.15) is 5.26 Å². The second-order valence-corrected chi connectivity index (χ2v) is 7.78. The number of nitrogens with two attached hydrogens (primary N) is 1. The van der Waals surface area contributed by atoms with Crippen LogP contribution in [-0.2, 0) is 4.74 Å². The molecular formula is C19H18N2O3S2. The molecule has 134 valence electrons. The summed E-state index contributed by atoms with van der Waals surface area (Å²) in [5, 5.41) is 9.63. The molecule has 0 spiro atoms. The summed E-state index contributed by atoms with van der Waals surface area (Å²) >= 11 is 3.08. The highest BCUT2D eigenvalue weighted by atomic mass is 32.2. The lowest BCUT2D eigenvalue weighted by molar-refractivity contribution is 0.0522. The molecule has 1 atom stereocenters. The first-order valence-corrected chi connectivity index (χ1v) is 10.1. The van der Waals surface area contributed by atoms with E-state index in [0.717, 1.165) is 20.2 Å². The number of nitriles is 1. The van der Waals surface area contributed by atoms with E-state index in [2.05, 4.69) is 6.07 Å². The Morgan fingerprint density at radius 3 is 2.69 bits per heavy atom. The van der Waals surface area contributed by atoms with Gasteiger partial charge in [0.15, 0.2) is 5.75 Å². The largest absolute Gasteiger partial charge is 0.462 e. The SMILES string of the molecule is CCOC(=O)c1c(C)sc2c1OC(N)=C(C#N)[C@H]2c1ccc(SC)cc1. The van der Waals surface area contributed by atoms with Gasteiger partial charge >= 0.3 is 5.97 Å². The molecule has 26 heavy (non-hydrogen) atoms. The van der Waals surface area contributed by atoms with Crippen molar-refractivity contribution in [2.24, 2.45) is 5.73 Å². The molecule has 2 heterocycles. The van der Waals surface area contributed by atoms with E-state index in [-0.39, 0.29) is 18.4 Å². The van der Waals surface area contributed by atoms with Gasteiger partial charge in [-0.25, -0.2) is 4.79 Å². The Morgan fingerprint density at radius 1 is 1.42 bits per heavy atom. The van der Waals surface area contributed by atoms with Crippen molar-refractivity contribution in [3.05, 3.63) is 56.6 Å². The number of ether oxygens (including phenoxy) is 2. The number of thiophene rings is 1. The highest BCUT2D eigenvalue weighted by Crippen LogP contribution is 2.49. The fraction of sp³-hybridized carbons (Fsp3) is 0.263. The summed E-state index contributed by atoms with van der Waals surface area (Å²) in [6.07, 6.45) is 2.01. The monoisotopic (exact) mass is 386 g/mol. The van der Waals surface area contributed by atoms with E-state index in [1.165, 1.54) is 11.3 Å². The number of esters is 1. The summed E-state index contributed by atoms with van der Waals surface area (Å²) < 4.78 is 10.8. The predicted octanol–water partition coefficient (Wildman–Crippen LogP) is 4.17. The third-order valence-electron chi connectivity index (χ3n) is 4.14. The Bertz CT molecular complexity index is 923. The van der Waals surface area contributed by atoms with E-state index < -0.39 is 5.97 Å². The number of allylic oxidation sites excluding steroid dienone is 1. The molecule has 1 aliphatic heterocycles. The Balaban J connectivity index is 2.17. The first-order valence-electron chi connectivity index (χ1n) is 8.03. The third kappa shape index (κ3) is 3.06. The second-order valence-electron chi connectivity index (χ2n) is 5.65. The van der Waals surface area contributed by atoms with Crippen LogP contribution in [0.4, 0.5) is 0 Å². The number of carbonyl (C=O) groups is 1. The van der Waals surface area contributed by atoms with Crippen molar-refractivity contribution in [3.8, 4) is 11.8 Å². The molecule has 2 aromatic rings. The molecule has 3 rings (SSSR count). The summed E-state index contributed by atoms with van der Waals surface area (Å²) in [6.45, 7) is 3.87. The maximum atomic E-state index is 12.4. The van der Waals surface area contributed by atoms with Gasteiger partial charge in [0.1, 0.15) is 17.2 Å². The van der Waals surface area contributed by atoms with Crippen molar-refractivity contribution >= 4 is 29.1 Å². The van der Waals surface area contributed by atoms with E-state index >= 15 is 0 Å². The van der Waals surface area contributed by atoms with Crippen LogP contribution in [0.5, 0.6) is 5.75 Å². The lowest BCUT2D eigenvalue weighted by atomic mass is 9.88. The second kappa shape index (κ2) is 7.44. The zero-order valence-electron chi connectivity index (χ0n) is 14.7. The van der Waals surface area contributed by atoms with Crippen molar-refractivity contribution < 1.29 is 14.3 Å². The van der Waals surface area contributed by atoms with Gasteiger partial charge in [0.05, 0.1) is 17.4 Å². The van der Waals surface area contributed by atoms with Crippen LogP contribution in [0.2, 0.25) is 0 Å². The minimum absolute atomic E-state index is 0.0299. The zero-order chi connectivity index (χ0) is 18.8. The molecule has 0 unspecified atom stereocenters. The Morgan fingerprint density at radius 2 is 2.12 bits per heavy atom. The molecule has 0 aliphatic carbocycles. The van der Waals surface area contributed by atoms with Gasteiger partial charge in [0, 0.05) is 9.77 Å². The van der Waals surface area contributed by atoms with Crippen molar-refractivity contribution in [2.75, 3.05) is 12.9 Å². The van der Waals surface area contributed by atoms with Gasteiger partial charge in [0.2, 0.25) is 5.88 Å². The summed E-state index contributed by atoms with van der Waals surface area (Å²) in [7, 11) is 0. The standard InChI is InChI=1S/C19H18N2O3S2/c1-4-23-19(22)14-10(2)26-17-15(11-5-7-12(25-3)8-6-11)13(9-20)18(21)24-16(14)17/h5-8,15H,4,21H2,1-3H3/t15-/m1/s1. The number of aryl methyl sites for hydroxylation is 1. The topological polar surface area (TPSA) is 85.3 Å². The van der Waals surface area contributed by atoms with Crippen LogP contribution in [0.1, 0.15) is 38.5 Å². The Labute approximate surface area is 160 Å². The van der Waals surface area contributed by atoms with Crippen LogP contribution in [0.25, 0.3) is 0 Å². The van der Waals surface area contributed by atoms with E-state index in [1.807, 2.05) is 37.4 Å². The van der Waals surface area contributed by atoms with E-state index in [9.17, 15) is 10.1 Å². The molecule has 5 nitrogen and oxygen atoms in total. The first kappa shape index (κ1) is 18.4. The van der Waals surface area contributed by atoms with E-state index in [4.69, 9.17) is 15.2 Å². The number of benzene rings is 1. The van der Waals surface area contributed by atoms with Crippen molar-refractivity contribution in [1.82, 2.24) is 0 Å². The van der Waals surface area contributed by atoms with Gasteiger partial charge in [-0.15, -0.1) is 23.1 Å². The highest BCUT2D eigenvalue weighted by molar-refractivity contribution is 7.98. The zero-order valence-corrected chi connectivity index (χ0v) is 16.3. The van der Waals surface area contributed by atoms with Crippen molar-refractivity contribution in [3.63, 3.8) is 0 Å². The third-order valence-corrected chi connectivity index (χ3v) is 6.04. The summed E-state index contributed by atoms with van der Waals surface area (Å²) in [6, 6.07) is 10.1. The number of carbonyl (C=O) groups excluding carboxylic acids is 1. The number of fused-ring (bicyclic) bond motifs is 1. The van der Waals surface area contributed by atoms with Crippen LogP contribution in [0, 0.1) is 18.3 Å². The smallest absolute Gasteiger partial charge is 0.343 e. The number of nitrogens with zero attached hydrogens (tertiary/aromatic N) is 1. The van der Waals surface area contributed by atoms with Crippen molar-refractivity contribution in [1.29, 1.82) is 5.26 Å². The molecule has 0 saturated carbocycles. The predicted molar refractivity (Wildman–Crippen MR) is 103 cm³/mol. The fourth-order valence-corrected chi connectivity index (χ4v) is 4.57. The molecule has 0 amide bonds. The lowest BCUT2D eigenvalue weighted by Gasteiger charge is -2.24. The Hall–Kier alpha value is -2.43. The van der Waals surface area contributed by atoms with Crippen LogP contribution in [0.3, 0.4) is 0 Å². The molecular weight excluding hydrogens is 368 g/mol. The molecule has 0 bridgehead atoms. The van der Waals surface area contributed by atoms with E-state index in [0.29, 0.717) is 16.9 Å². The molecule has 0 saturated heterocycles. The highest BCUT2D eigenvalue weighted by Gasteiger charge is 2.37. The maximum Gasteiger partial charge on any atom is 0.343 e. The molecule has 0 radical (unpaired) electrons. The van der Waals surface area contributed by atoms with Crippen LogP contribution < -0.4 is 10.5 Å². The van der Waals surface area contributed by atoms with Crippen LogP contribution in [-0.4, -0.2) is 18.8 Å². The summed E-state index contributed by atoms with van der Waals surface area (Å²) in [5.74, 6) is -0.359. The van der Waals surface area contributed by atoms with Crippen molar-refractivity contribution in [2.45, 2.75) is 24.7 Å². The minimum atomic E-state index is -0.438. The molecule has 1 aliphatic rings. The fourth-order valence-electron chi connectivity index (χ4n) is 2.95. The van der Waals surface area contributed by atoms with Gasteiger partial charge in [-0.1, -0.05) is 12.1 Å². The first-order chi connectivity index (χ1) is 12.5. The lowest BCUT2D eigenvalue weighted by Crippen LogP contribution is -2.21. The number of hydrogen-bond acceptors (Lipinski definition) is 7. The average molecular weight is 386 g/mol. The molecule has 2 N–H and O–H groups in total. The molecule has 1 aromatic carbocycles. The summed E-state index contributed by atoms with van der Waals surface area (Å²) in [5.41, 5.74) is 7.70. The number of hydrogen-bond donors (Lipinski definition) is 1. The molecule has 7 heteroatoms. The van der Waals surface area contributed by atoms with E-state index in [1.54, 1.807) is 18.7 Å². The molecule has 1 aromatic heterocycles. The van der Waals surface area contributed by atoms with Gasteiger partial charge in [-0.05, 0) is 37.8 Å². The quantitative estimate of drug-likeness (QED) is 0.627. The van der Waals surface area contributed by atoms with Gasteiger partial charge < -0.3 is 15.2 Å². The van der Waals surface area contributed by atoms with Gasteiger partial charge in [0.25, 0.3) is 0 Å². The number of rotatable bonds is 4. The van der Waals surface area contributed by atoms with Gasteiger partial charge in [-0.3, -0.25) is 0 Å². The minimum Gasteiger partial charge on any atom is -0.462 e. The maximum absolute atomic E-state index is 12.4.